The van der Waals surface area contributed by atoms with Crippen molar-refractivity contribution in [2.75, 3.05) is 40.0 Å². The van der Waals surface area contributed by atoms with Gasteiger partial charge in [0.1, 0.15) is 36.9 Å². The van der Waals surface area contributed by atoms with Crippen LogP contribution >= 0.6 is 12.4 Å². The van der Waals surface area contributed by atoms with Gasteiger partial charge in [-0.3, -0.25) is 0 Å². The van der Waals surface area contributed by atoms with Crippen LogP contribution in [0.5, 0.6) is 11.5 Å². The van der Waals surface area contributed by atoms with Crippen LogP contribution in [0.2, 0.25) is 0 Å². The van der Waals surface area contributed by atoms with E-state index in [1.807, 2.05) is 68.4 Å². The van der Waals surface area contributed by atoms with Crippen LogP contribution in [0, 0.1) is 0 Å². The molecule has 0 spiro atoms. The summed E-state index contributed by atoms with van der Waals surface area (Å²) in [7, 11) is 1.70. The molecule has 3 aromatic carbocycles. The van der Waals surface area contributed by atoms with Gasteiger partial charge < -0.3 is 35.1 Å². The molecule has 0 heterocycles. The van der Waals surface area contributed by atoms with Gasteiger partial charge in [0.25, 0.3) is 0 Å². The lowest BCUT2D eigenvalue weighted by Gasteiger charge is -2.15. The predicted octanol–water partition coefficient (Wildman–Crippen LogP) is 4.61. The highest BCUT2D eigenvalue weighted by molar-refractivity contribution is 5.88. The number of rotatable bonds is 15. The first-order valence-corrected chi connectivity index (χ1v) is 13.4. The molecule has 0 radical (unpaired) electrons. The highest BCUT2D eigenvalue weighted by Gasteiger charge is 2.08. The second-order valence-corrected chi connectivity index (χ2v) is 9.92. The average molecular weight is 563 g/mol. The van der Waals surface area contributed by atoms with E-state index in [1.165, 1.54) is 5.56 Å². The number of fused-ring (bicyclic) bond motifs is 1. The molecule has 0 bridgehead atoms. The van der Waals surface area contributed by atoms with Gasteiger partial charge >= 0.3 is 0 Å². The van der Waals surface area contributed by atoms with Crippen molar-refractivity contribution in [2.45, 2.75) is 58.4 Å². The van der Waals surface area contributed by atoms with Gasteiger partial charge in [-0.05, 0) is 35.6 Å². The molecule has 218 valence electrons. The third-order valence-corrected chi connectivity index (χ3v) is 5.66. The molecular formula is C31H47ClN2O5. The van der Waals surface area contributed by atoms with Crippen LogP contribution < -0.4 is 20.1 Å². The molecule has 0 saturated heterocycles. The number of methoxy groups -OCH3 is 1. The summed E-state index contributed by atoms with van der Waals surface area (Å²) in [4.78, 5) is 0. The Labute approximate surface area is 240 Å². The quantitative estimate of drug-likeness (QED) is 0.215. The zero-order chi connectivity index (χ0) is 27.8. The standard InChI is InChI=1S/C16H21NO2.C15H25NO3.ClH/c1-12(2)17-10-14(18)11-19-16-9-5-7-13-6-3-4-8-15(13)16;1-12(2)16-10-14(17)11-19-15-6-4-13(5-7-15)8-9-18-3;/h3-9,12,14,17-18H,10-11H2,1-2H3;4-7,12,14,16-17H,8-11H2,1-3H3;1H. The topological polar surface area (TPSA) is 92.2 Å². The van der Waals surface area contributed by atoms with Gasteiger partial charge in [-0.25, -0.2) is 0 Å². The molecule has 0 saturated carbocycles. The highest BCUT2D eigenvalue weighted by atomic mass is 35.5. The van der Waals surface area contributed by atoms with E-state index < -0.39 is 12.2 Å². The van der Waals surface area contributed by atoms with Crippen molar-refractivity contribution in [3.05, 3.63) is 72.3 Å². The van der Waals surface area contributed by atoms with E-state index in [2.05, 4.69) is 36.6 Å². The molecule has 0 amide bonds. The molecule has 0 aliphatic rings. The summed E-state index contributed by atoms with van der Waals surface area (Å²) in [6.45, 7) is 10.6. The highest BCUT2D eigenvalue weighted by Crippen LogP contribution is 2.25. The molecule has 7 nitrogen and oxygen atoms in total. The van der Waals surface area contributed by atoms with Gasteiger partial charge in [0.15, 0.2) is 0 Å². The summed E-state index contributed by atoms with van der Waals surface area (Å²) in [6, 6.07) is 22.7. The number of hydrogen-bond acceptors (Lipinski definition) is 7. The fourth-order valence-electron chi connectivity index (χ4n) is 3.53. The fourth-order valence-corrected chi connectivity index (χ4v) is 3.53. The van der Waals surface area contributed by atoms with Crippen LogP contribution in [0.15, 0.2) is 66.7 Å². The average Bonchev–Trinajstić information content (AvgIpc) is 2.92. The second-order valence-electron chi connectivity index (χ2n) is 9.92. The lowest BCUT2D eigenvalue weighted by Crippen LogP contribution is -2.35. The van der Waals surface area contributed by atoms with Crippen molar-refractivity contribution < 1.29 is 24.4 Å². The molecule has 0 aliphatic heterocycles. The maximum absolute atomic E-state index is 9.84. The minimum absolute atomic E-state index is 0. The molecule has 3 aromatic rings. The molecule has 0 aromatic heterocycles. The fraction of sp³-hybridized carbons (Fsp3) is 0.484. The Morgan fingerprint density at radius 2 is 1.28 bits per heavy atom. The van der Waals surface area contributed by atoms with Crippen LogP contribution in [-0.4, -0.2) is 74.5 Å². The lowest BCUT2D eigenvalue weighted by molar-refractivity contribution is 0.104. The first-order chi connectivity index (χ1) is 18.3. The summed E-state index contributed by atoms with van der Waals surface area (Å²) in [6.07, 6.45) is -0.0884. The van der Waals surface area contributed by atoms with Crippen LogP contribution in [0.1, 0.15) is 33.3 Å². The summed E-state index contributed by atoms with van der Waals surface area (Å²) < 4.78 is 16.3. The van der Waals surface area contributed by atoms with E-state index in [9.17, 15) is 10.2 Å². The first kappa shape index (κ1) is 34.6. The Kier molecular flexibility index (Phi) is 17.4. The van der Waals surface area contributed by atoms with Gasteiger partial charge in [-0.15, -0.1) is 12.4 Å². The third-order valence-electron chi connectivity index (χ3n) is 5.66. The van der Waals surface area contributed by atoms with E-state index in [-0.39, 0.29) is 12.4 Å². The van der Waals surface area contributed by atoms with Crippen molar-refractivity contribution in [1.29, 1.82) is 0 Å². The van der Waals surface area contributed by atoms with Crippen LogP contribution in [0.25, 0.3) is 10.8 Å². The van der Waals surface area contributed by atoms with E-state index in [1.54, 1.807) is 7.11 Å². The Morgan fingerprint density at radius 1 is 0.718 bits per heavy atom. The number of ether oxygens (including phenoxy) is 3. The largest absolute Gasteiger partial charge is 0.491 e. The molecule has 3 rings (SSSR count). The Balaban J connectivity index is 0.000000380. The van der Waals surface area contributed by atoms with Crippen molar-refractivity contribution in [1.82, 2.24) is 10.6 Å². The number of benzene rings is 3. The molecule has 0 fully saturated rings. The number of aliphatic hydroxyl groups is 2. The van der Waals surface area contributed by atoms with Gasteiger partial charge in [0.05, 0.1) is 6.61 Å². The van der Waals surface area contributed by atoms with Crippen molar-refractivity contribution in [2.24, 2.45) is 0 Å². The second kappa shape index (κ2) is 19.6. The van der Waals surface area contributed by atoms with Crippen LogP contribution in [0.3, 0.4) is 0 Å². The molecule has 4 N–H and O–H groups in total. The smallest absolute Gasteiger partial charge is 0.127 e. The molecule has 39 heavy (non-hydrogen) atoms. The number of hydrogen-bond donors (Lipinski definition) is 4. The number of aliphatic hydroxyl groups excluding tert-OH is 2. The minimum atomic E-state index is -0.499. The molecular weight excluding hydrogens is 516 g/mol. The predicted molar refractivity (Wildman–Crippen MR) is 162 cm³/mol. The molecule has 8 heteroatoms. The van der Waals surface area contributed by atoms with Crippen LogP contribution in [0.4, 0.5) is 0 Å². The molecule has 2 unspecified atom stereocenters. The maximum atomic E-state index is 9.84. The zero-order valence-corrected chi connectivity index (χ0v) is 24.7. The van der Waals surface area contributed by atoms with E-state index in [4.69, 9.17) is 14.2 Å². The summed E-state index contributed by atoms with van der Waals surface area (Å²) in [5.41, 5.74) is 1.22. The Bertz CT molecular complexity index is 1030. The Hall–Kier alpha value is -2.39. The van der Waals surface area contributed by atoms with Crippen molar-refractivity contribution >= 4 is 23.2 Å². The van der Waals surface area contributed by atoms with Gasteiger partial charge in [-0.1, -0.05) is 76.2 Å². The van der Waals surface area contributed by atoms with Gasteiger partial charge in [0.2, 0.25) is 0 Å². The van der Waals surface area contributed by atoms with Gasteiger partial charge in [0, 0.05) is 37.7 Å². The summed E-state index contributed by atoms with van der Waals surface area (Å²) >= 11 is 0. The number of nitrogens with one attached hydrogen (secondary N) is 2. The molecule has 2 atom stereocenters. The number of halogens is 1. The third kappa shape index (κ3) is 14.5. The van der Waals surface area contributed by atoms with Gasteiger partial charge in [-0.2, -0.15) is 0 Å². The SMILES string of the molecule is CC(C)NCC(O)COc1cccc2ccccc12.COCCc1ccc(OCC(O)CNC(C)C)cc1.Cl. The van der Waals surface area contributed by atoms with Crippen molar-refractivity contribution in [3.8, 4) is 11.5 Å². The van der Waals surface area contributed by atoms with Crippen LogP contribution in [-0.2, 0) is 11.2 Å². The Morgan fingerprint density at radius 3 is 1.87 bits per heavy atom. The van der Waals surface area contributed by atoms with E-state index in [0.717, 1.165) is 35.3 Å². The lowest BCUT2D eigenvalue weighted by atomic mass is 10.1. The maximum Gasteiger partial charge on any atom is 0.127 e. The molecule has 0 aliphatic carbocycles. The zero-order valence-electron chi connectivity index (χ0n) is 23.9. The minimum Gasteiger partial charge on any atom is -0.491 e. The van der Waals surface area contributed by atoms with Crippen molar-refractivity contribution in [3.63, 3.8) is 0 Å². The van der Waals surface area contributed by atoms with E-state index in [0.29, 0.717) is 38.4 Å². The monoisotopic (exact) mass is 562 g/mol. The summed E-state index contributed by atoms with van der Waals surface area (Å²) in [5.74, 6) is 1.60. The van der Waals surface area contributed by atoms with E-state index >= 15 is 0 Å². The summed E-state index contributed by atoms with van der Waals surface area (Å²) in [5, 5.41) is 28.2. The first-order valence-electron chi connectivity index (χ1n) is 13.4. The normalized spacial score (nSPS) is 12.4.